The van der Waals surface area contributed by atoms with E-state index < -0.39 is 22.4 Å². The van der Waals surface area contributed by atoms with Crippen LogP contribution in [0.25, 0.3) is 0 Å². The zero-order chi connectivity index (χ0) is 15.8. The number of carboxylic acid groups (broad SMARTS) is 1. The molecule has 0 radical (unpaired) electrons. The van der Waals surface area contributed by atoms with E-state index >= 15 is 0 Å². The highest BCUT2D eigenvalue weighted by molar-refractivity contribution is 7.91. The van der Waals surface area contributed by atoms with Crippen LogP contribution in [0.5, 0.6) is 0 Å². The van der Waals surface area contributed by atoms with Crippen LogP contribution in [0.15, 0.2) is 4.90 Å². The van der Waals surface area contributed by atoms with E-state index in [2.05, 4.69) is 12.0 Å². The third-order valence-corrected chi connectivity index (χ3v) is 4.80. The van der Waals surface area contributed by atoms with Crippen molar-refractivity contribution in [2.75, 3.05) is 30.0 Å². The first-order chi connectivity index (χ1) is 9.70. The predicted octanol–water partition coefficient (Wildman–Crippen LogP) is 0.190. The van der Waals surface area contributed by atoms with Gasteiger partial charge in [-0.3, -0.25) is 4.79 Å². The largest absolute Gasteiger partial charge is 0.480 e. The second kappa shape index (κ2) is 5.55. The molecule has 1 saturated heterocycles. The van der Waals surface area contributed by atoms with Crippen LogP contribution < -0.4 is 10.6 Å². The van der Waals surface area contributed by atoms with Crippen LogP contribution >= 0.6 is 0 Å². The van der Waals surface area contributed by atoms with Crippen molar-refractivity contribution in [3.8, 4) is 0 Å². The van der Waals surface area contributed by atoms with Crippen LogP contribution in [0.1, 0.15) is 19.8 Å². The second-order valence-corrected chi connectivity index (χ2v) is 7.48. The molecule has 118 valence electrons. The van der Waals surface area contributed by atoms with Gasteiger partial charge in [0.1, 0.15) is 12.4 Å². The Labute approximate surface area is 123 Å². The molecule has 2 heterocycles. The topological polar surface area (TPSA) is 119 Å². The number of carbonyl (C=O) groups is 1. The molecule has 1 aliphatic rings. The number of nitrogens with zero attached hydrogens (tertiary/aromatic N) is 3. The van der Waals surface area contributed by atoms with Crippen molar-refractivity contribution in [1.82, 2.24) is 9.78 Å². The summed E-state index contributed by atoms with van der Waals surface area (Å²) in [7, 11) is -3.58. The zero-order valence-corrected chi connectivity index (χ0v) is 12.9. The summed E-state index contributed by atoms with van der Waals surface area (Å²) in [6.45, 7) is 3.06. The van der Waals surface area contributed by atoms with Gasteiger partial charge in [0.05, 0.1) is 0 Å². The van der Waals surface area contributed by atoms with Crippen LogP contribution in [0, 0.1) is 5.92 Å². The second-order valence-electron chi connectivity index (χ2n) is 5.53. The van der Waals surface area contributed by atoms with E-state index in [-0.39, 0.29) is 16.5 Å². The van der Waals surface area contributed by atoms with Crippen molar-refractivity contribution >= 4 is 27.4 Å². The molecular formula is C12H20N4O4S. The molecule has 0 saturated carbocycles. The first-order valence-corrected chi connectivity index (χ1v) is 8.62. The van der Waals surface area contributed by atoms with E-state index in [1.807, 2.05) is 4.90 Å². The Hall–Kier alpha value is -1.77. The van der Waals surface area contributed by atoms with Gasteiger partial charge >= 0.3 is 5.97 Å². The Morgan fingerprint density at radius 3 is 2.48 bits per heavy atom. The third kappa shape index (κ3) is 3.29. The van der Waals surface area contributed by atoms with Gasteiger partial charge in [0.15, 0.2) is 20.6 Å². The highest BCUT2D eigenvalue weighted by Crippen LogP contribution is 2.32. The molecule has 2 rings (SSSR count). The molecule has 1 fully saturated rings. The van der Waals surface area contributed by atoms with Gasteiger partial charge in [-0.25, -0.2) is 13.1 Å². The number of nitrogens with two attached hydrogens (primary N) is 1. The number of piperidine rings is 1. The number of anilines is 2. The number of aromatic nitrogens is 2. The van der Waals surface area contributed by atoms with E-state index in [1.54, 1.807) is 0 Å². The lowest BCUT2D eigenvalue weighted by molar-refractivity contribution is -0.137. The van der Waals surface area contributed by atoms with Gasteiger partial charge in [0, 0.05) is 19.3 Å². The molecule has 1 aromatic rings. The SMILES string of the molecule is CC1CCN(c2nn(CC(=O)O)c(N)c2S(C)(=O)=O)CC1. The number of aliphatic carboxylic acids is 1. The summed E-state index contributed by atoms with van der Waals surface area (Å²) >= 11 is 0. The van der Waals surface area contributed by atoms with Crippen LogP contribution in [-0.2, 0) is 21.2 Å². The van der Waals surface area contributed by atoms with Crippen molar-refractivity contribution in [3.63, 3.8) is 0 Å². The molecule has 3 N–H and O–H groups in total. The van der Waals surface area contributed by atoms with E-state index in [0.29, 0.717) is 19.0 Å². The van der Waals surface area contributed by atoms with Gasteiger partial charge in [-0.1, -0.05) is 6.92 Å². The monoisotopic (exact) mass is 316 g/mol. The number of nitrogen functional groups attached to an aromatic ring is 1. The molecule has 0 aromatic carbocycles. The molecule has 0 amide bonds. The van der Waals surface area contributed by atoms with Crippen molar-refractivity contribution in [2.24, 2.45) is 5.92 Å². The van der Waals surface area contributed by atoms with Crippen molar-refractivity contribution < 1.29 is 18.3 Å². The third-order valence-electron chi connectivity index (χ3n) is 3.67. The molecule has 1 aromatic heterocycles. The predicted molar refractivity (Wildman–Crippen MR) is 78.0 cm³/mol. The molecule has 21 heavy (non-hydrogen) atoms. The van der Waals surface area contributed by atoms with E-state index in [9.17, 15) is 13.2 Å². The van der Waals surface area contributed by atoms with Crippen LogP contribution in [0.2, 0.25) is 0 Å². The summed E-state index contributed by atoms with van der Waals surface area (Å²) in [5.41, 5.74) is 5.80. The Bertz CT molecular complexity index is 644. The Morgan fingerprint density at radius 1 is 1.43 bits per heavy atom. The van der Waals surface area contributed by atoms with E-state index in [0.717, 1.165) is 23.8 Å². The average Bonchev–Trinajstić information content (AvgIpc) is 2.66. The number of hydrogen-bond donors (Lipinski definition) is 2. The molecule has 0 spiro atoms. The number of rotatable bonds is 4. The van der Waals surface area contributed by atoms with Gasteiger partial charge in [-0.2, -0.15) is 5.10 Å². The minimum atomic E-state index is -3.58. The molecule has 0 atom stereocenters. The fourth-order valence-electron chi connectivity index (χ4n) is 2.48. The quantitative estimate of drug-likeness (QED) is 0.813. The average molecular weight is 316 g/mol. The maximum Gasteiger partial charge on any atom is 0.325 e. The molecule has 8 nitrogen and oxygen atoms in total. The smallest absolute Gasteiger partial charge is 0.325 e. The summed E-state index contributed by atoms with van der Waals surface area (Å²) in [6, 6.07) is 0. The summed E-state index contributed by atoms with van der Waals surface area (Å²) in [6.07, 6.45) is 2.94. The Kier molecular flexibility index (Phi) is 4.13. The maximum atomic E-state index is 12.0. The highest BCUT2D eigenvalue weighted by Gasteiger charge is 2.29. The van der Waals surface area contributed by atoms with Crippen LogP contribution in [0.3, 0.4) is 0 Å². The highest BCUT2D eigenvalue weighted by atomic mass is 32.2. The van der Waals surface area contributed by atoms with E-state index in [4.69, 9.17) is 10.8 Å². The van der Waals surface area contributed by atoms with E-state index in [1.165, 1.54) is 0 Å². The van der Waals surface area contributed by atoms with Crippen LogP contribution in [-0.4, -0.2) is 48.6 Å². The fraction of sp³-hybridized carbons (Fsp3) is 0.667. The summed E-state index contributed by atoms with van der Waals surface area (Å²) < 4.78 is 25.0. The first kappa shape index (κ1) is 15.6. The standard InChI is InChI=1S/C12H20N4O4S/c1-8-3-5-15(6-4-8)12-10(21(2,19)20)11(13)16(14-12)7-9(17)18/h8H,3-7,13H2,1-2H3,(H,17,18). The summed E-state index contributed by atoms with van der Waals surface area (Å²) in [5.74, 6) is -0.388. The lowest BCUT2D eigenvalue weighted by atomic mass is 9.99. The van der Waals surface area contributed by atoms with Crippen molar-refractivity contribution in [2.45, 2.75) is 31.2 Å². The summed E-state index contributed by atoms with van der Waals surface area (Å²) in [5, 5.41) is 13.0. The Morgan fingerprint density at radius 2 is 2.00 bits per heavy atom. The minimum absolute atomic E-state index is 0.0710. The van der Waals surface area contributed by atoms with Gasteiger partial charge in [-0.05, 0) is 18.8 Å². The molecule has 9 heteroatoms. The van der Waals surface area contributed by atoms with Gasteiger partial charge in [-0.15, -0.1) is 0 Å². The molecule has 0 unspecified atom stereocenters. The van der Waals surface area contributed by atoms with Gasteiger partial charge < -0.3 is 15.7 Å². The number of sulfone groups is 1. The van der Waals surface area contributed by atoms with Gasteiger partial charge in [0.2, 0.25) is 0 Å². The fourth-order valence-corrected chi connectivity index (χ4v) is 3.46. The Balaban J connectivity index is 2.46. The lowest BCUT2D eigenvalue weighted by Gasteiger charge is -2.30. The zero-order valence-electron chi connectivity index (χ0n) is 12.1. The molecular weight excluding hydrogens is 296 g/mol. The minimum Gasteiger partial charge on any atom is -0.480 e. The molecule has 0 aliphatic carbocycles. The normalized spacial score (nSPS) is 17.1. The van der Waals surface area contributed by atoms with Crippen molar-refractivity contribution in [1.29, 1.82) is 0 Å². The first-order valence-electron chi connectivity index (χ1n) is 6.73. The maximum absolute atomic E-state index is 12.0. The number of hydrogen-bond acceptors (Lipinski definition) is 6. The number of carboxylic acids is 1. The van der Waals surface area contributed by atoms with Crippen molar-refractivity contribution in [3.05, 3.63) is 0 Å². The van der Waals surface area contributed by atoms with Crippen LogP contribution in [0.4, 0.5) is 11.6 Å². The molecule has 0 bridgehead atoms. The molecule has 1 aliphatic heterocycles. The van der Waals surface area contributed by atoms with Gasteiger partial charge in [0.25, 0.3) is 0 Å². The summed E-state index contributed by atoms with van der Waals surface area (Å²) in [4.78, 5) is 12.6. The lowest BCUT2D eigenvalue weighted by Crippen LogP contribution is -2.34.